The molecule has 0 aromatic heterocycles. The summed E-state index contributed by atoms with van der Waals surface area (Å²) < 4.78 is 42.5. The van der Waals surface area contributed by atoms with Crippen LogP contribution in [-0.4, -0.2) is 26.2 Å². The van der Waals surface area contributed by atoms with Gasteiger partial charge in [0.25, 0.3) is 6.43 Å². The van der Waals surface area contributed by atoms with E-state index in [0.717, 1.165) is 6.42 Å². The lowest BCUT2D eigenvalue weighted by Gasteiger charge is -2.19. The van der Waals surface area contributed by atoms with E-state index in [1.54, 1.807) is 18.2 Å². The summed E-state index contributed by atoms with van der Waals surface area (Å²) in [4.78, 5) is 0. The molecule has 0 saturated carbocycles. The summed E-state index contributed by atoms with van der Waals surface area (Å²) in [5, 5.41) is 3.09. The summed E-state index contributed by atoms with van der Waals surface area (Å²) in [6.07, 6.45) is -1.63. The predicted octanol–water partition coefficient (Wildman–Crippen LogP) is 3.15. The molecule has 1 rings (SSSR count). The summed E-state index contributed by atoms with van der Waals surface area (Å²) >= 11 is 0. The molecule has 0 spiro atoms. The average Bonchev–Trinajstić information content (AvgIpc) is 2.34. The fraction of sp³-hybridized carbons (Fsp3) is 0.538. The second kappa shape index (κ2) is 8.11. The summed E-state index contributed by atoms with van der Waals surface area (Å²) in [6, 6.07) is 5.89. The summed E-state index contributed by atoms with van der Waals surface area (Å²) in [6.45, 7) is 2.06. The van der Waals surface area contributed by atoms with Gasteiger partial charge in [0.2, 0.25) is 0 Å². The second-order valence-electron chi connectivity index (χ2n) is 3.96. The first-order valence-electron chi connectivity index (χ1n) is 5.98. The van der Waals surface area contributed by atoms with E-state index in [2.05, 4.69) is 5.32 Å². The third-order valence-electron chi connectivity index (χ3n) is 2.45. The zero-order valence-electron chi connectivity index (χ0n) is 10.3. The molecule has 5 heteroatoms. The highest BCUT2D eigenvalue weighted by atomic mass is 19.3. The minimum Gasteiger partial charge on any atom is -0.374 e. The fourth-order valence-corrected chi connectivity index (χ4v) is 1.61. The van der Waals surface area contributed by atoms with Crippen molar-refractivity contribution in [2.75, 3.05) is 19.8 Å². The Morgan fingerprint density at radius 3 is 2.56 bits per heavy atom. The van der Waals surface area contributed by atoms with Crippen LogP contribution in [0.2, 0.25) is 0 Å². The maximum absolute atomic E-state index is 13.6. The van der Waals surface area contributed by atoms with E-state index in [1.807, 2.05) is 6.92 Å². The minimum atomic E-state index is -2.50. The van der Waals surface area contributed by atoms with Gasteiger partial charge in [-0.2, -0.15) is 0 Å². The van der Waals surface area contributed by atoms with Gasteiger partial charge < -0.3 is 10.1 Å². The Morgan fingerprint density at radius 2 is 1.94 bits per heavy atom. The third-order valence-corrected chi connectivity index (χ3v) is 2.45. The first-order chi connectivity index (χ1) is 8.65. The lowest BCUT2D eigenvalue weighted by Crippen LogP contribution is -2.28. The van der Waals surface area contributed by atoms with Crippen molar-refractivity contribution in [3.05, 3.63) is 35.6 Å². The molecule has 1 atom stereocenters. The van der Waals surface area contributed by atoms with Gasteiger partial charge in [-0.3, -0.25) is 0 Å². The van der Waals surface area contributed by atoms with Gasteiger partial charge >= 0.3 is 0 Å². The molecule has 2 nitrogen and oxygen atoms in total. The summed E-state index contributed by atoms with van der Waals surface area (Å²) in [5.74, 6) is -0.355. The first kappa shape index (κ1) is 15.0. The van der Waals surface area contributed by atoms with Gasteiger partial charge in [0.15, 0.2) is 0 Å². The van der Waals surface area contributed by atoms with Gasteiger partial charge in [0.1, 0.15) is 12.4 Å². The quantitative estimate of drug-likeness (QED) is 0.776. The zero-order valence-corrected chi connectivity index (χ0v) is 10.3. The van der Waals surface area contributed by atoms with Gasteiger partial charge in [-0.15, -0.1) is 0 Å². The van der Waals surface area contributed by atoms with Crippen LogP contribution in [0.1, 0.15) is 24.9 Å². The van der Waals surface area contributed by atoms with Gasteiger partial charge in [-0.25, -0.2) is 13.2 Å². The third kappa shape index (κ3) is 5.06. The molecule has 0 amide bonds. The molecular weight excluding hydrogens is 243 g/mol. The average molecular weight is 261 g/mol. The fourth-order valence-electron chi connectivity index (χ4n) is 1.61. The summed E-state index contributed by atoms with van der Waals surface area (Å²) in [7, 11) is 0. The Labute approximate surface area is 105 Å². The number of hydrogen-bond donors (Lipinski definition) is 1. The number of nitrogens with one attached hydrogen (secondary N) is 1. The van der Waals surface area contributed by atoms with Gasteiger partial charge in [0.05, 0.1) is 12.6 Å². The molecule has 0 aliphatic heterocycles. The second-order valence-corrected chi connectivity index (χ2v) is 3.96. The number of ether oxygens (including phenoxy) is 1. The smallest absolute Gasteiger partial charge is 0.261 e. The highest BCUT2D eigenvalue weighted by molar-refractivity contribution is 5.21. The van der Waals surface area contributed by atoms with E-state index in [0.29, 0.717) is 12.1 Å². The molecule has 0 aliphatic rings. The number of rotatable bonds is 8. The number of hydrogen-bond acceptors (Lipinski definition) is 2. The number of benzene rings is 1. The molecule has 1 aromatic rings. The monoisotopic (exact) mass is 261 g/mol. The van der Waals surface area contributed by atoms with Crippen LogP contribution in [0.5, 0.6) is 0 Å². The molecule has 0 aliphatic carbocycles. The van der Waals surface area contributed by atoms with Gasteiger partial charge in [-0.1, -0.05) is 25.1 Å². The maximum atomic E-state index is 13.6. The topological polar surface area (TPSA) is 21.3 Å². The van der Waals surface area contributed by atoms with E-state index in [4.69, 9.17) is 4.74 Å². The van der Waals surface area contributed by atoms with Crippen molar-refractivity contribution in [3.63, 3.8) is 0 Å². The Kier molecular flexibility index (Phi) is 6.75. The van der Waals surface area contributed by atoms with Crippen LogP contribution >= 0.6 is 0 Å². The molecule has 0 bridgehead atoms. The number of halogens is 3. The molecule has 0 fully saturated rings. The van der Waals surface area contributed by atoms with E-state index in [1.165, 1.54) is 6.07 Å². The van der Waals surface area contributed by atoms with E-state index >= 15 is 0 Å². The van der Waals surface area contributed by atoms with Crippen molar-refractivity contribution in [2.24, 2.45) is 0 Å². The van der Waals surface area contributed by atoms with Gasteiger partial charge in [-0.05, 0) is 19.0 Å². The van der Waals surface area contributed by atoms with Crippen LogP contribution < -0.4 is 5.32 Å². The molecule has 0 radical (unpaired) electrons. The van der Waals surface area contributed by atoms with Crippen LogP contribution in [0.15, 0.2) is 24.3 Å². The molecule has 18 heavy (non-hydrogen) atoms. The van der Waals surface area contributed by atoms with E-state index < -0.39 is 19.1 Å². The van der Waals surface area contributed by atoms with Crippen molar-refractivity contribution in [1.82, 2.24) is 5.32 Å². The molecule has 0 heterocycles. The van der Waals surface area contributed by atoms with Crippen molar-refractivity contribution in [1.29, 1.82) is 0 Å². The van der Waals surface area contributed by atoms with Crippen molar-refractivity contribution >= 4 is 0 Å². The van der Waals surface area contributed by atoms with Crippen LogP contribution in [0.25, 0.3) is 0 Å². The standard InChI is InChI=1S/C13H18F3NO/c1-2-7-17-12(8-18-9-13(15)16)10-5-3-4-6-11(10)14/h3-6,12-13,17H,2,7-9H2,1H3. The zero-order chi connectivity index (χ0) is 13.4. The Bertz CT molecular complexity index is 347. The van der Waals surface area contributed by atoms with Crippen molar-refractivity contribution < 1.29 is 17.9 Å². The van der Waals surface area contributed by atoms with Gasteiger partial charge in [0, 0.05) is 5.56 Å². The normalized spacial score (nSPS) is 12.9. The first-order valence-corrected chi connectivity index (χ1v) is 5.98. The Balaban J connectivity index is 2.62. The predicted molar refractivity (Wildman–Crippen MR) is 64.3 cm³/mol. The van der Waals surface area contributed by atoms with Crippen LogP contribution in [-0.2, 0) is 4.74 Å². The lowest BCUT2D eigenvalue weighted by molar-refractivity contribution is 0.00892. The minimum absolute atomic E-state index is 0.0330. The highest BCUT2D eigenvalue weighted by Gasteiger charge is 2.15. The van der Waals surface area contributed by atoms with Crippen LogP contribution in [0, 0.1) is 5.82 Å². The molecule has 1 aromatic carbocycles. The lowest BCUT2D eigenvalue weighted by atomic mass is 10.1. The van der Waals surface area contributed by atoms with Crippen LogP contribution in [0.4, 0.5) is 13.2 Å². The molecule has 1 N–H and O–H groups in total. The molecule has 1 unspecified atom stereocenters. The summed E-state index contributed by atoms with van der Waals surface area (Å²) in [5.41, 5.74) is 0.445. The van der Waals surface area contributed by atoms with Crippen molar-refractivity contribution in [3.8, 4) is 0 Å². The van der Waals surface area contributed by atoms with E-state index in [-0.39, 0.29) is 12.4 Å². The Hall–Kier alpha value is -1.07. The molecular formula is C13H18F3NO. The molecule has 0 saturated heterocycles. The Morgan fingerprint density at radius 1 is 1.22 bits per heavy atom. The largest absolute Gasteiger partial charge is 0.374 e. The number of alkyl halides is 2. The highest BCUT2D eigenvalue weighted by Crippen LogP contribution is 2.17. The van der Waals surface area contributed by atoms with E-state index in [9.17, 15) is 13.2 Å². The maximum Gasteiger partial charge on any atom is 0.261 e. The molecule has 102 valence electrons. The van der Waals surface area contributed by atoms with Crippen LogP contribution in [0.3, 0.4) is 0 Å². The SMILES string of the molecule is CCCNC(COCC(F)F)c1ccccc1F. The van der Waals surface area contributed by atoms with Crippen molar-refractivity contribution in [2.45, 2.75) is 25.8 Å².